The number of hydrogen-bond acceptors (Lipinski definition) is 7. The highest BCUT2D eigenvalue weighted by atomic mass is 31.2. The fourth-order valence-electron chi connectivity index (χ4n) is 0.585. The zero-order chi connectivity index (χ0) is 14.6. The topological polar surface area (TPSA) is 119 Å². The maximum Gasteiger partial charge on any atom is 0.325 e. The van der Waals surface area contributed by atoms with Gasteiger partial charge in [-0.05, 0) is 0 Å². The number of ether oxygens (including phenoxy) is 1. The Morgan fingerprint density at radius 1 is 1.56 bits per heavy atom. The third kappa shape index (κ3) is 17.0. The molecule has 0 aromatic heterocycles. The molecule has 0 bridgehead atoms. The number of carbonyl (C=O) groups is 2. The third-order valence-electron chi connectivity index (χ3n) is 1.27. The molecule has 8 nitrogen and oxygen atoms in total. The van der Waals surface area contributed by atoms with Crippen LogP contribution in [-0.4, -0.2) is 42.3 Å². The van der Waals surface area contributed by atoms with Crippen LogP contribution in [0, 0.1) is 18.4 Å². The summed E-state index contributed by atoms with van der Waals surface area (Å²) < 4.78 is 19.7. The largest absolute Gasteiger partial charge is 0.465 e. The Balaban J connectivity index is 0. The van der Waals surface area contributed by atoms with Crippen molar-refractivity contribution >= 4 is 19.9 Å². The zero-order valence-corrected chi connectivity index (χ0v) is 10.8. The van der Waals surface area contributed by atoms with Crippen molar-refractivity contribution in [2.75, 3.05) is 19.9 Å². The lowest BCUT2D eigenvalue weighted by Crippen LogP contribution is -2.18. The lowest BCUT2D eigenvalue weighted by molar-refractivity contribution is -0.171. The van der Waals surface area contributed by atoms with Gasteiger partial charge in [-0.25, -0.2) is 0 Å². The third-order valence-corrected chi connectivity index (χ3v) is 1.90. The minimum atomic E-state index is -3.58. The van der Waals surface area contributed by atoms with Crippen molar-refractivity contribution in [3.05, 3.63) is 0 Å². The van der Waals surface area contributed by atoms with Gasteiger partial charge in [0.2, 0.25) is 0 Å². The summed E-state index contributed by atoms with van der Waals surface area (Å²) in [5.74, 6) is -1.22. The highest BCUT2D eigenvalue weighted by Crippen LogP contribution is 2.36. The van der Waals surface area contributed by atoms with E-state index in [1.165, 1.54) is 13.0 Å². The van der Waals surface area contributed by atoms with E-state index in [4.69, 9.17) is 10.2 Å². The van der Waals surface area contributed by atoms with Gasteiger partial charge in [-0.15, -0.1) is 0 Å². The van der Waals surface area contributed by atoms with Crippen LogP contribution in [0.2, 0.25) is 0 Å². The van der Waals surface area contributed by atoms with Crippen LogP contribution in [-0.2, 0) is 28.3 Å². The molecule has 2 N–H and O–H groups in total. The van der Waals surface area contributed by atoms with Crippen molar-refractivity contribution in [2.24, 2.45) is 5.92 Å². The minimum absolute atomic E-state index is 0.140. The summed E-state index contributed by atoms with van der Waals surface area (Å²) in [6, 6.07) is 0. The number of carbonyl (C=O) groups excluding carboxylic acids is 2. The Bertz CT molecular complexity index is 328. The van der Waals surface area contributed by atoms with Gasteiger partial charge in [-0.1, -0.05) is 6.42 Å². The van der Waals surface area contributed by atoms with Crippen LogP contribution < -0.4 is 0 Å². The van der Waals surface area contributed by atoms with Crippen LogP contribution >= 0.6 is 7.60 Å². The van der Waals surface area contributed by atoms with E-state index >= 15 is 0 Å². The first-order valence-corrected chi connectivity index (χ1v) is 6.58. The van der Waals surface area contributed by atoms with Crippen molar-refractivity contribution in [1.82, 2.24) is 0 Å². The van der Waals surface area contributed by atoms with Gasteiger partial charge >= 0.3 is 13.6 Å². The Labute approximate surface area is 104 Å². The first-order chi connectivity index (χ1) is 8.26. The van der Waals surface area contributed by atoms with Crippen LogP contribution in [0.4, 0.5) is 0 Å². The fourth-order valence-corrected chi connectivity index (χ4v) is 1.05. The molecule has 0 aliphatic rings. The first-order valence-electron chi connectivity index (χ1n) is 4.56. The first kappa shape index (κ1) is 19.0. The lowest BCUT2D eigenvalue weighted by Gasteiger charge is -2.11. The van der Waals surface area contributed by atoms with Gasteiger partial charge in [0.25, 0.3) is 0 Å². The molecule has 0 radical (unpaired) electrons. The van der Waals surface area contributed by atoms with E-state index in [9.17, 15) is 14.2 Å². The predicted octanol–water partition coefficient (Wildman–Crippen LogP) is 0.263. The van der Waals surface area contributed by atoms with Gasteiger partial charge in [0.1, 0.15) is 12.9 Å². The molecular formula is C9H15O8P. The van der Waals surface area contributed by atoms with E-state index in [0.717, 1.165) is 6.66 Å². The minimum Gasteiger partial charge on any atom is -0.465 e. The van der Waals surface area contributed by atoms with Crippen LogP contribution in [0.5, 0.6) is 0 Å². The molecule has 0 amide bonds. The number of aldehydes is 1. The predicted molar refractivity (Wildman–Crippen MR) is 60.4 cm³/mol. The molecule has 9 heteroatoms. The molecule has 0 rings (SSSR count). The van der Waals surface area contributed by atoms with Crippen molar-refractivity contribution in [3.8, 4) is 12.5 Å². The summed E-state index contributed by atoms with van der Waals surface area (Å²) in [6.07, 6.45) is 6.30. The van der Waals surface area contributed by atoms with Gasteiger partial charge in [-0.3, -0.25) is 14.2 Å². The number of hydrogen-bond donors (Lipinski definition) is 2. The van der Waals surface area contributed by atoms with Crippen LogP contribution in [0.25, 0.3) is 0 Å². The summed E-state index contributed by atoms with van der Waals surface area (Å²) in [5.41, 5.74) is 0. The van der Waals surface area contributed by atoms with E-state index in [-0.39, 0.29) is 13.2 Å². The molecule has 18 heavy (non-hydrogen) atoms. The maximum absolute atomic E-state index is 10.7. The summed E-state index contributed by atoms with van der Waals surface area (Å²) in [7, 11) is -3.58. The van der Waals surface area contributed by atoms with Gasteiger partial charge in [0.05, 0.1) is 12.5 Å². The molecule has 0 aliphatic heterocycles. The second kappa shape index (κ2) is 10.7. The number of rotatable bonds is 6. The molecule has 104 valence electrons. The van der Waals surface area contributed by atoms with E-state index in [2.05, 4.69) is 20.6 Å². The second-order valence-electron chi connectivity index (χ2n) is 3.01. The molecule has 0 heterocycles. The average molecular weight is 282 g/mol. The molecule has 0 aromatic carbocycles. The Hall–Kier alpha value is -1.39. The smallest absolute Gasteiger partial charge is 0.325 e. The monoisotopic (exact) mass is 282 g/mol. The standard InChI is InChI=1S/C7H13O6P.C2H2O2/c1-6(9)12-4-7(3-8)5-13-14(2,10)11;1-2-4-3/h3,7H,4-5H2,1-2H3,(H,10,11);1,3H. The van der Waals surface area contributed by atoms with E-state index in [0.29, 0.717) is 6.29 Å². The van der Waals surface area contributed by atoms with Gasteiger partial charge < -0.3 is 18.9 Å². The Morgan fingerprint density at radius 3 is 2.33 bits per heavy atom. The summed E-state index contributed by atoms with van der Waals surface area (Å²) in [5, 5.41) is 7.14. The van der Waals surface area contributed by atoms with Gasteiger partial charge in [0.15, 0.2) is 6.11 Å². The summed E-state index contributed by atoms with van der Waals surface area (Å²) >= 11 is 0. The average Bonchev–Trinajstić information content (AvgIpc) is 2.28. The second-order valence-corrected chi connectivity index (χ2v) is 4.87. The molecule has 0 saturated carbocycles. The summed E-state index contributed by atoms with van der Waals surface area (Å²) in [4.78, 5) is 32.6. The molecule has 0 aromatic rings. The molecule has 0 fully saturated rings. The van der Waals surface area contributed by atoms with Crippen molar-refractivity contribution in [2.45, 2.75) is 6.92 Å². The molecule has 2 unspecified atom stereocenters. The lowest BCUT2D eigenvalue weighted by atomic mass is 10.2. The zero-order valence-electron chi connectivity index (χ0n) is 9.94. The molecular weight excluding hydrogens is 267 g/mol. The fraction of sp³-hybridized carbons (Fsp3) is 0.556. The van der Waals surface area contributed by atoms with Gasteiger partial charge in [-0.2, -0.15) is 5.26 Å². The molecule has 0 spiro atoms. The number of terminal acetylenes is 1. The maximum atomic E-state index is 10.7. The normalized spacial score (nSPS) is 13.9. The van der Waals surface area contributed by atoms with Crippen molar-refractivity contribution in [1.29, 1.82) is 0 Å². The Kier molecular flexibility index (Phi) is 11.3. The van der Waals surface area contributed by atoms with Crippen LogP contribution in [0.3, 0.4) is 0 Å². The summed E-state index contributed by atoms with van der Waals surface area (Å²) in [6.45, 7) is 1.85. The van der Waals surface area contributed by atoms with Gasteiger partial charge in [0, 0.05) is 13.6 Å². The number of esters is 1. The van der Waals surface area contributed by atoms with E-state index in [1.54, 1.807) is 0 Å². The van der Waals surface area contributed by atoms with E-state index < -0.39 is 19.5 Å². The molecule has 2 atom stereocenters. The van der Waals surface area contributed by atoms with Crippen LogP contribution in [0.1, 0.15) is 6.92 Å². The quantitative estimate of drug-likeness (QED) is 0.178. The highest BCUT2D eigenvalue weighted by Gasteiger charge is 2.16. The molecule has 0 saturated heterocycles. The van der Waals surface area contributed by atoms with Crippen molar-refractivity contribution < 1.29 is 38.5 Å². The molecule has 0 aliphatic carbocycles. The highest BCUT2D eigenvalue weighted by molar-refractivity contribution is 7.51. The van der Waals surface area contributed by atoms with Crippen LogP contribution in [0.15, 0.2) is 0 Å². The van der Waals surface area contributed by atoms with Crippen molar-refractivity contribution in [3.63, 3.8) is 0 Å². The Morgan fingerprint density at radius 2 is 2.06 bits per heavy atom. The van der Waals surface area contributed by atoms with E-state index in [1.807, 2.05) is 0 Å². The SMILES string of the molecule is C#COO.CC(=O)OCC(C=O)COP(C)(=O)O.